The maximum atomic E-state index is 12.3. The molecule has 0 bridgehead atoms. The average molecular weight is 426 g/mol. The number of hydrogen-bond donors (Lipinski definition) is 1. The summed E-state index contributed by atoms with van der Waals surface area (Å²) in [6, 6.07) is 6.01. The highest BCUT2D eigenvalue weighted by Gasteiger charge is 2.45. The molecule has 92 valence electrons. The second kappa shape index (κ2) is 5.41. The Bertz CT molecular complexity index is 441. The molecule has 0 aliphatic carbocycles. The number of carbonyl (C=O) groups excluding carboxylic acids is 1. The number of carbonyl (C=O) groups is 1. The van der Waals surface area contributed by atoms with Crippen LogP contribution in [-0.4, -0.2) is 16.6 Å². The molecule has 1 N–H and O–H groups in total. The van der Waals surface area contributed by atoms with Crippen molar-refractivity contribution in [3.05, 3.63) is 28.2 Å². The van der Waals surface area contributed by atoms with Gasteiger partial charge in [0.25, 0.3) is 0 Å². The third-order valence-corrected chi connectivity index (χ3v) is 4.51. The van der Waals surface area contributed by atoms with Crippen LogP contribution in [-0.2, 0) is 10.2 Å². The van der Waals surface area contributed by atoms with Crippen LogP contribution in [0.2, 0.25) is 0 Å². The second-order valence-electron chi connectivity index (χ2n) is 4.10. The number of nitrogens with one attached hydrogen (secondary N) is 1. The minimum Gasteiger partial charge on any atom is -0.325 e. The van der Waals surface area contributed by atoms with Crippen molar-refractivity contribution in [2.45, 2.75) is 18.3 Å². The van der Waals surface area contributed by atoms with E-state index in [2.05, 4.69) is 53.1 Å². The van der Waals surface area contributed by atoms with Crippen molar-refractivity contribution >= 4 is 59.4 Å². The molecule has 0 spiro atoms. The first-order valence-electron chi connectivity index (χ1n) is 5.37. The highest BCUT2D eigenvalue weighted by Crippen LogP contribution is 2.44. The fourth-order valence-electron chi connectivity index (χ4n) is 2.35. The first-order chi connectivity index (χ1) is 8.14. The zero-order valence-electron chi connectivity index (χ0n) is 9.10. The number of benzene rings is 1. The smallest absolute Gasteiger partial charge is 0.235 e. The van der Waals surface area contributed by atoms with Crippen molar-refractivity contribution in [3.63, 3.8) is 0 Å². The molecule has 1 aliphatic heterocycles. The van der Waals surface area contributed by atoms with Gasteiger partial charge in [-0.1, -0.05) is 53.9 Å². The van der Waals surface area contributed by atoms with E-state index in [0.717, 1.165) is 39.2 Å². The lowest BCUT2D eigenvalue weighted by molar-refractivity contribution is -0.121. The number of amides is 1. The lowest BCUT2D eigenvalue weighted by atomic mass is 9.77. The Morgan fingerprint density at radius 2 is 1.82 bits per heavy atom. The Labute approximate surface area is 126 Å². The number of hydrogen-bond acceptors (Lipinski definition) is 1. The monoisotopic (exact) mass is 423 g/mol. The van der Waals surface area contributed by atoms with Gasteiger partial charge in [0, 0.05) is 20.8 Å². The Kier molecular flexibility index (Phi) is 4.31. The first-order valence-corrected chi connectivity index (χ1v) is 8.41. The molecule has 0 aromatic heterocycles. The van der Waals surface area contributed by atoms with E-state index in [0.29, 0.717) is 0 Å². The molecular weight excluding hydrogens is 414 g/mol. The summed E-state index contributed by atoms with van der Waals surface area (Å²) in [4.78, 5) is 12.3. The van der Waals surface area contributed by atoms with Gasteiger partial charge in [0.15, 0.2) is 0 Å². The van der Waals surface area contributed by atoms with Crippen molar-refractivity contribution in [2.24, 2.45) is 0 Å². The van der Waals surface area contributed by atoms with Crippen LogP contribution in [0, 0.1) is 0 Å². The second-order valence-corrected chi connectivity index (χ2v) is 6.61. The van der Waals surface area contributed by atoms with Gasteiger partial charge in [-0.15, -0.1) is 0 Å². The first kappa shape index (κ1) is 13.6. The molecule has 5 heteroatoms. The topological polar surface area (TPSA) is 29.1 Å². The summed E-state index contributed by atoms with van der Waals surface area (Å²) >= 11 is 10.3. The fraction of sp³-hybridized carbons (Fsp3) is 0.417. The molecular formula is C12H12Br3NO. The van der Waals surface area contributed by atoms with Gasteiger partial charge in [0.05, 0.1) is 5.41 Å². The quantitative estimate of drug-likeness (QED) is 0.719. The normalized spacial score (nSPS) is 16.8. The molecule has 1 aliphatic rings. The Morgan fingerprint density at radius 1 is 1.18 bits per heavy atom. The molecule has 17 heavy (non-hydrogen) atoms. The number of alkyl halides is 2. The van der Waals surface area contributed by atoms with Crippen LogP contribution >= 0.6 is 47.8 Å². The van der Waals surface area contributed by atoms with Crippen molar-refractivity contribution < 1.29 is 4.79 Å². The molecule has 2 nitrogen and oxygen atoms in total. The lowest BCUT2D eigenvalue weighted by Gasteiger charge is -2.25. The number of anilines is 1. The maximum Gasteiger partial charge on any atom is 0.235 e. The lowest BCUT2D eigenvalue weighted by Crippen LogP contribution is -2.35. The summed E-state index contributed by atoms with van der Waals surface area (Å²) in [5.41, 5.74) is 1.67. The van der Waals surface area contributed by atoms with Crippen molar-refractivity contribution in [1.29, 1.82) is 0 Å². The molecule has 0 saturated carbocycles. The van der Waals surface area contributed by atoms with Gasteiger partial charge in [-0.25, -0.2) is 0 Å². The maximum absolute atomic E-state index is 12.3. The Hall–Kier alpha value is 0.130. The van der Waals surface area contributed by atoms with E-state index < -0.39 is 0 Å². The Balaban J connectivity index is 2.50. The van der Waals surface area contributed by atoms with Crippen LogP contribution in [0.1, 0.15) is 18.4 Å². The molecule has 0 unspecified atom stereocenters. The molecule has 0 fully saturated rings. The van der Waals surface area contributed by atoms with Gasteiger partial charge < -0.3 is 5.32 Å². The van der Waals surface area contributed by atoms with E-state index in [1.807, 2.05) is 18.2 Å². The van der Waals surface area contributed by atoms with Crippen LogP contribution in [0.5, 0.6) is 0 Å². The van der Waals surface area contributed by atoms with E-state index in [1.165, 1.54) is 0 Å². The molecule has 1 aromatic carbocycles. The summed E-state index contributed by atoms with van der Waals surface area (Å²) in [6.45, 7) is 0. The third kappa shape index (κ3) is 2.34. The molecule has 1 amide bonds. The standard InChI is InChI=1S/C12H12Br3NO/c13-5-3-12(4-6-14)9-2-1-8(15)7-10(9)16-11(12)17/h1-2,7H,3-6H2,(H,16,17). The number of fused-ring (bicyclic) bond motifs is 1. The van der Waals surface area contributed by atoms with Crippen LogP contribution < -0.4 is 5.32 Å². The average Bonchev–Trinajstić information content (AvgIpc) is 2.53. The van der Waals surface area contributed by atoms with Gasteiger partial charge in [0.1, 0.15) is 0 Å². The van der Waals surface area contributed by atoms with Crippen molar-refractivity contribution in [2.75, 3.05) is 16.0 Å². The van der Waals surface area contributed by atoms with Crippen molar-refractivity contribution in [3.8, 4) is 0 Å². The van der Waals surface area contributed by atoms with E-state index in [-0.39, 0.29) is 11.3 Å². The van der Waals surface area contributed by atoms with Crippen molar-refractivity contribution in [1.82, 2.24) is 0 Å². The van der Waals surface area contributed by atoms with Crippen LogP contribution in [0.15, 0.2) is 22.7 Å². The summed E-state index contributed by atoms with van der Waals surface area (Å²) in [6.07, 6.45) is 1.64. The fourth-order valence-corrected chi connectivity index (χ4v) is 4.06. The SMILES string of the molecule is O=C1Nc2cc(Br)ccc2C1(CCBr)CCBr. The zero-order valence-corrected chi connectivity index (χ0v) is 13.9. The number of rotatable bonds is 4. The number of halogens is 3. The van der Waals surface area contributed by atoms with E-state index in [9.17, 15) is 4.79 Å². The molecule has 0 saturated heterocycles. The van der Waals surface area contributed by atoms with Gasteiger partial charge in [0.2, 0.25) is 5.91 Å². The van der Waals surface area contributed by atoms with E-state index >= 15 is 0 Å². The van der Waals surface area contributed by atoms with Gasteiger partial charge in [-0.2, -0.15) is 0 Å². The summed E-state index contributed by atoms with van der Waals surface area (Å²) in [5, 5.41) is 4.63. The summed E-state index contributed by atoms with van der Waals surface area (Å²) in [5.74, 6) is 0.115. The molecule has 0 radical (unpaired) electrons. The minimum atomic E-state index is -0.386. The summed E-state index contributed by atoms with van der Waals surface area (Å²) < 4.78 is 0.991. The van der Waals surface area contributed by atoms with E-state index in [4.69, 9.17) is 0 Å². The van der Waals surface area contributed by atoms with Crippen LogP contribution in [0.3, 0.4) is 0 Å². The predicted molar refractivity (Wildman–Crippen MR) is 81.3 cm³/mol. The molecule has 1 heterocycles. The zero-order chi connectivity index (χ0) is 12.5. The van der Waals surface area contributed by atoms with Gasteiger partial charge >= 0.3 is 0 Å². The van der Waals surface area contributed by atoms with Crippen LogP contribution in [0.25, 0.3) is 0 Å². The molecule has 1 aromatic rings. The summed E-state index contributed by atoms with van der Waals surface area (Å²) in [7, 11) is 0. The molecule has 0 atom stereocenters. The highest BCUT2D eigenvalue weighted by atomic mass is 79.9. The Morgan fingerprint density at radius 3 is 2.41 bits per heavy atom. The van der Waals surface area contributed by atoms with Crippen LogP contribution in [0.4, 0.5) is 5.69 Å². The van der Waals surface area contributed by atoms with E-state index in [1.54, 1.807) is 0 Å². The minimum absolute atomic E-state index is 0.115. The van der Waals surface area contributed by atoms with Gasteiger partial charge in [-0.3, -0.25) is 4.79 Å². The van der Waals surface area contributed by atoms with Gasteiger partial charge in [-0.05, 0) is 30.5 Å². The molecule has 2 rings (SSSR count). The highest BCUT2D eigenvalue weighted by molar-refractivity contribution is 9.10. The third-order valence-electron chi connectivity index (χ3n) is 3.22. The predicted octanol–water partition coefficient (Wildman–Crippen LogP) is 4.21. The largest absolute Gasteiger partial charge is 0.325 e.